The summed E-state index contributed by atoms with van der Waals surface area (Å²) >= 11 is 3.53. The second kappa shape index (κ2) is 4.96. The van der Waals surface area contributed by atoms with Crippen molar-refractivity contribution in [3.63, 3.8) is 0 Å². The summed E-state index contributed by atoms with van der Waals surface area (Å²) < 4.78 is 6.75. The summed E-state index contributed by atoms with van der Waals surface area (Å²) in [6, 6.07) is 6.39. The average molecular weight is 336 g/mol. The lowest BCUT2D eigenvalue weighted by molar-refractivity contribution is -0.0344. The summed E-state index contributed by atoms with van der Waals surface area (Å²) in [6.45, 7) is 4.55. The molecule has 4 atom stereocenters. The number of methoxy groups -OCH3 is 1. The Kier molecular flexibility index (Phi) is 3.54. The third-order valence-corrected chi connectivity index (χ3v) is 5.71. The van der Waals surface area contributed by atoms with Crippen LogP contribution >= 0.6 is 15.9 Å². The van der Waals surface area contributed by atoms with E-state index in [9.17, 15) is 0 Å². The first-order chi connectivity index (χ1) is 9.47. The molecule has 0 saturated heterocycles. The lowest BCUT2D eigenvalue weighted by Crippen LogP contribution is -2.44. The van der Waals surface area contributed by atoms with Crippen LogP contribution in [0.4, 0.5) is 0 Å². The predicted octanol–water partition coefficient (Wildman–Crippen LogP) is 4.44. The normalized spacial score (nSPS) is 36.4. The fraction of sp³-hybridized carbons (Fsp3) is 0.588. The van der Waals surface area contributed by atoms with Crippen molar-refractivity contribution in [1.29, 1.82) is 5.41 Å². The maximum atomic E-state index is 8.71. The van der Waals surface area contributed by atoms with Crippen LogP contribution in [0.25, 0.3) is 0 Å². The average Bonchev–Trinajstić information content (AvgIpc) is 2.63. The number of nitrogens with one attached hydrogen (secondary N) is 1. The second-order valence-electron chi connectivity index (χ2n) is 6.70. The highest BCUT2D eigenvalue weighted by molar-refractivity contribution is 9.10. The van der Waals surface area contributed by atoms with Gasteiger partial charge in [0.05, 0.1) is 6.10 Å². The number of halogens is 1. The third kappa shape index (κ3) is 2.06. The largest absolute Gasteiger partial charge is 0.381 e. The lowest BCUT2D eigenvalue weighted by atomic mass is 9.63. The molecular formula is C17H22BrNO. The van der Waals surface area contributed by atoms with Gasteiger partial charge in [-0.1, -0.05) is 35.8 Å². The van der Waals surface area contributed by atoms with Crippen LogP contribution in [0, 0.1) is 22.7 Å². The van der Waals surface area contributed by atoms with E-state index in [-0.39, 0.29) is 5.41 Å². The highest BCUT2D eigenvalue weighted by Crippen LogP contribution is 2.51. The minimum Gasteiger partial charge on any atom is -0.381 e. The molecule has 3 heteroatoms. The fourth-order valence-corrected chi connectivity index (χ4v) is 4.96. The van der Waals surface area contributed by atoms with Crippen LogP contribution in [-0.2, 0) is 11.2 Å². The molecule has 1 fully saturated rings. The Labute approximate surface area is 129 Å². The van der Waals surface area contributed by atoms with Gasteiger partial charge in [-0.3, -0.25) is 0 Å². The van der Waals surface area contributed by atoms with Crippen LogP contribution in [0.5, 0.6) is 0 Å². The second-order valence-corrected chi connectivity index (χ2v) is 7.61. The van der Waals surface area contributed by atoms with E-state index in [2.05, 4.69) is 48.0 Å². The molecule has 2 nitrogen and oxygen atoms in total. The summed E-state index contributed by atoms with van der Waals surface area (Å²) in [5.74, 6) is 1.03. The Balaban J connectivity index is 1.95. The monoisotopic (exact) mass is 335 g/mol. The zero-order chi connectivity index (χ0) is 14.5. The first-order valence-corrected chi connectivity index (χ1v) is 8.17. The number of hydrogen-bond donors (Lipinski definition) is 1. The Morgan fingerprint density at radius 1 is 1.25 bits per heavy atom. The van der Waals surface area contributed by atoms with Crippen LogP contribution in [0.2, 0.25) is 0 Å². The molecule has 2 aliphatic rings. The van der Waals surface area contributed by atoms with Crippen molar-refractivity contribution >= 4 is 21.6 Å². The van der Waals surface area contributed by atoms with Crippen molar-refractivity contribution in [2.24, 2.45) is 17.3 Å². The molecule has 0 radical (unpaired) electrons. The van der Waals surface area contributed by atoms with Crippen LogP contribution in [0.1, 0.15) is 37.8 Å². The van der Waals surface area contributed by atoms with Gasteiger partial charge in [0, 0.05) is 28.3 Å². The van der Waals surface area contributed by atoms with Crippen LogP contribution in [-0.4, -0.2) is 18.9 Å². The molecule has 20 heavy (non-hydrogen) atoms. The molecule has 108 valence electrons. The van der Waals surface area contributed by atoms with Crippen molar-refractivity contribution < 1.29 is 4.74 Å². The lowest BCUT2D eigenvalue weighted by Gasteiger charge is -2.44. The molecular weight excluding hydrogens is 314 g/mol. The SMILES string of the molecule is CO[C@H]1[C@H](C)C[C@@]2(Cc3ccc(Br)cc3C2=N)C[C@@H]1C. The zero-order valence-corrected chi connectivity index (χ0v) is 14.0. The minimum absolute atomic E-state index is 0.0387. The van der Waals surface area contributed by atoms with Gasteiger partial charge in [0.2, 0.25) is 0 Å². The highest BCUT2D eigenvalue weighted by atomic mass is 79.9. The van der Waals surface area contributed by atoms with Gasteiger partial charge in [-0.05, 0) is 48.8 Å². The van der Waals surface area contributed by atoms with Gasteiger partial charge in [0.15, 0.2) is 0 Å². The maximum absolute atomic E-state index is 8.71. The molecule has 1 N–H and O–H groups in total. The Hall–Kier alpha value is -0.670. The minimum atomic E-state index is 0.0387. The molecule has 1 aromatic rings. The van der Waals surface area contributed by atoms with E-state index in [0.717, 1.165) is 35.0 Å². The number of ether oxygens (including phenoxy) is 1. The fourth-order valence-electron chi connectivity index (χ4n) is 4.60. The van der Waals surface area contributed by atoms with Gasteiger partial charge in [0.25, 0.3) is 0 Å². The van der Waals surface area contributed by atoms with Crippen molar-refractivity contribution in [2.75, 3.05) is 7.11 Å². The molecule has 0 unspecified atom stereocenters. The van der Waals surface area contributed by atoms with Crippen molar-refractivity contribution in [3.8, 4) is 0 Å². The summed E-state index contributed by atoms with van der Waals surface area (Å²) in [6.07, 6.45) is 3.51. The van der Waals surface area contributed by atoms with E-state index in [1.807, 2.05) is 7.11 Å². The summed E-state index contributed by atoms with van der Waals surface area (Å²) in [5.41, 5.74) is 3.38. The van der Waals surface area contributed by atoms with Gasteiger partial charge in [0.1, 0.15) is 0 Å². The van der Waals surface area contributed by atoms with Crippen LogP contribution in [0.15, 0.2) is 22.7 Å². The van der Waals surface area contributed by atoms with E-state index in [1.54, 1.807) is 0 Å². The van der Waals surface area contributed by atoms with E-state index in [1.165, 1.54) is 5.56 Å². The van der Waals surface area contributed by atoms with Gasteiger partial charge in [-0.2, -0.15) is 0 Å². The molecule has 1 saturated carbocycles. The smallest absolute Gasteiger partial charge is 0.0623 e. The summed E-state index contributed by atoms with van der Waals surface area (Å²) in [5, 5.41) is 8.71. The number of benzene rings is 1. The molecule has 0 heterocycles. The van der Waals surface area contributed by atoms with Gasteiger partial charge >= 0.3 is 0 Å². The molecule has 1 spiro atoms. The predicted molar refractivity (Wildman–Crippen MR) is 85.5 cm³/mol. The quantitative estimate of drug-likeness (QED) is 0.808. The standard InChI is InChI=1S/C17H22BrNO/c1-10-7-17(8-11(2)15(10)20-3)9-12-4-5-13(18)6-14(12)16(17)19/h4-6,10-11,15,19H,7-9H2,1-3H3/t10-,11+,15+,17+. The van der Waals surface area contributed by atoms with Gasteiger partial charge in [-0.15, -0.1) is 0 Å². The third-order valence-electron chi connectivity index (χ3n) is 5.22. The van der Waals surface area contributed by atoms with Crippen LogP contribution < -0.4 is 0 Å². The zero-order valence-electron chi connectivity index (χ0n) is 12.4. The molecule has 0 aromatic heterocycles. The highest BCUT2D eigenvalue weighted by Gasteiger charge is 2.49. The van der Waals surface area contributed by atoms with Crippen molar-refractivity contribution in [2.45, 2.75) is 39.2 Å². The Morgan fingerprint density at radius 3 is 2.50 bits per heavy atom. The molecule has 0 aliphatic heterocycles. The van der Waals surface area contributed by atoms with Crippen LogP contribution in [0.3, 0.4) is 0 Å². The molecule has 2 aliphatic carbocycles. The molecule has 1 aromatic carbocycles. The topological polar surface area (TPSA) is 33.1 Å². The first-order valence-electron chi connectivity index (χ1n) is 7.37. The van der Waals surface area contributed by atoms with E-state index >= 15 is 0 Å². The summed E-state index contributed by atoms with van der Waals surface area (Å²) in [7, 11) is 1.82. The van der Waals surface area contributed by atoms with E-state index in [4.69, 9.17) is 10.1 Å². The van der Waals surface area contributed by atoms with Crippen molar-refractivity contribution in [3.05, 3.63) is 33.8 Å². The van der Waals surface area contributed by atoms with E-state index < -0.39 is 0 Å². The van der Waals surface area contributed by atoms with E-state index in [0.29, 0.717) is 17.9 Å². The molecule has 0 amide bonds. The van der Waals surface area contributed by atoms with Gasteiger partial charge < -0.3 is 10.1 Å². The molecule has 3 rings (SSSR count). The number of fused-ring (bicyclic) bond motifs is 1. The number of rotatable bonds is 1. The van der Waals surface area contributed by atoms with Gasteiger partial charge in [-0.25, -0.2) is 0 Å². The molecule has 0 bridgehead atoms. The maximum Gasteiger partial charge on any atom is 0.0623 e. The summed E-state index contributed by atoms with van der Waals surface area (Å²) in [4.78, 5) is 0. The Morgan fingerprint density at radius 2 is 1.90 bits per heavy atom. The number of hydrogen-bond acceptors (Lipinski definition) is 2. The first kappa shape index (κ1) is 14.3. The van der Waals surface area contributed by atoms with Crippen molar-refractivity contribution in [1.82, 2.24) is 0 Å². The Bertz CT molecular complexity index is 542.